The van der Waals surface area contributed by atoms with E-state index in [0.29, 0.717) is 6.54 Å². The molecule has 1 atom stereocenters. The van der Waals surface area contributed by atoms with Crippen molar-refractivity contribution in [2.75, 3.05) is 32.7 Å². The summed E-state index contributed by atoms with van der Waals surface area (Å²) < 4.78 is 0. The SMILES string of the molecule is CCNC(=O)NC(=O)CN1CCCN(Cc2ccccc2)CC1C. The molecule has 0 radical (unpaired) electrons. The van der Waals surface area contributed by atoms with Crippen molar-refractivity contribution in [3.05, 3.63) is 35.9 Å². The highest BCUT2D eigenvalue weighted by molar-refractivity contribution is 5.95. The number of benzene rings is 1. The highest BCUT2D eigenvalue weighted by atomic mass is 16.2. The Labute approximate surface area is 144 Å². The van der Waals surface area contributed by atoms with Gasteiger partial charge in [0.05, 0.1) is 6.54 Å². The molecule has 1 aliphatic heterocycles. The fourth-order valence-corrected chi connectivity index (χ4v) is 3.07. The number of carbonyl (C=O) groups is 2. The summed E-state index contributed by atoms with van der Waals surface area (Å²) in [6.45, 7) is 8.48. The molecular weight excluding hydrogens is 304 g/mol. The van der Waals surface area contributed by atoms with Crippen LogP contribution in [0.25, 0.3) is 0 Å². The van der Waals surface area contributed by atoms with Gasteiger partial charge in [0.1, 0.15) is 0 Å². The topological polar surface area (TPSA) is 64.7 Å². The van der Waals surface area contributed by atoms with E-state index in [0.717, 1.165) is 32.6 Å². The third kappa shape index (κ3) is 5.94. The van der Waals surface area contributed by atoms with E-state index in [-0.39, 0.29) is 18.5 Å². The summed E-state index contributed by atoms with van der Waals surface area (Å²) in [6.07, 6.45) is 1.02. The number of imide groups is 1. The van der Waals surface area contributed by atoms with Gasteiger partial charge in [-0.2, -0.15) is 0 Å². The minimum Gasteiger partial charge on any atom is -0.338 e. The summed E-state index contributed by atoms with van der Waals surface area (Å²) >= 11 is 0. The van der Waals surface area contributed by atoms with Crippen LogP contribution in [0.4, 0.5) is 4.79 Å². The van der Waals surface area contributed by atoms with Crippen molar-refractivity contribution in [1.82, 2.24) is 20.4 Å². The van der Waals surface area contributed by atoms with Crippen molar-refractivity contribution in [3.8, 4) is 0 Å². The van der Waals surface area contributed by atoms with Crippen LogP contribution in [-0.4, -0.2) is 60.5 Å². The van der Waals surface area contributed by atoms with Crippen LogP contribution >= 0.6 is 0 Å². The Bertz CT molecular complexity index is 535. The molecule has 3 amide bonds. The van der Waals surface area contributed by atoms with E-state index in [4.69, 9.17) is 0 Å². The predicted molar refractivity (Wildman–Crippen MR) is 94.6 cm³/mol. The molecule has 6 heteroatoms. The molecule has 1 aromatic rings. The molecule has 6 nitrogen and oxygen atoms in total. The molecule has 24 heavy (non-hydrogen) atoms. The van der Waals surface area contributed by atoms with E-state index in [1.165, 1.54) is 5.56 Å². The van der Waals surface area contributed by atoms with Gasteiger partial charge in [-0.05, 0) is 32.4 Å². The summed E-state index contributed by atoms with van der Waals surface area (Å²) in [5, 5.41) is 4.95. The van der Waals surface area contributed by atoms with Gasteiger partial charge in [0.15, 0.2) is 0 Å². The van der Waals surface area contributed by atoms with Gasteiger partial charge in [-0.1, -0.05) is 30.3 Å². The van der Waals surface area contributed by atoms with Crippen molar-refractivity contribution >= 4 is 11.9 Å². The molecule has 1 heterocycles. The standard InChI is InChI=1S/C18H28N4O2/c1-3-19-18(24)20-17(23)14-22-11-7-10-21(12-15(22)2)13-16-8-5-4-6-9-16/h4-6,8-9,15H,3,7,10-14H2,1-2H3,(H2,19,20,23,24). The van der Waals surface area contributed by atoms with Crippen molar-refractivity contribution in [3.63, 3.8) is 0 Å². The van der Waals surface area contributed by atoms with Gasteiger partial charge in [0.25, 0.3) is 0 Å². The normalized spacial score (nSPS) is 19.5. The summed E-state index contributed by atoms with van der Waals surface area (Å²) in [5.41, 5.74) is 1.31. The molecule has 0 aromatic heterocycles. The zero-order valence-corrected chi connectivity index (χ0v) is 14.6. The molecule has 1 aliphatic rings. The van der Waals surface area contributed by atoms with Gasteiger partial charge in [-0.15, -0.1) is 0 Å². The maximum Gasteiger partial charge on any atom is 0.321 e. The fraction of sp³-hybridized carbons (Fsp3) is 0.556. The smallest absolute Gasteiger partial charge is 0.321 e. The molecule has 132 valence electrons. The monoisotopic (exact) mass is 332 g/mol. The minimum atomic E-state index is -0.421. The number of rotatable bonds is 5. The van der Waals surface area contributed by atoms with E-state index in [1.54, 1.807) is 0 Å². The Morgan fingerprint density at radius 3 is 2.67 bits per heavy atom. The Balaban J connectivity index is 1.84. The number of hydrogen-bond acceptors (Lipinski definition) is 4. The van der Waals surface area contributed by atoms with Gasteiger partial charge >= 0.3 is 6.03 Å². The average molecular weight is 332 g/mol. The maximum absolute atomic E-state index is 12.0. The molecule has 2 N–H and O–H groups in total. The molecule has 0 aliphatic carbocycles. The Kier molecular flexibility index (Phi) is 7.21. The average Bonchev–Trinajstić information content (AvgIpc) is 2.70. The van der Waals surface area contributed by atoms with Crippen molar-refractivity contribution < 1.29 is 9.59 Å². The highest BCUT2D eigenvalue weighted by Gasteiger charge is 2.23. The second kappa shape index (κ2) is 9.39. The fourth-order valence-electron chi connectivity index (χ4n) is 3.07. The van der Waals surface area contributed by atoms with Gasteiger partial charge in [-0.3, -0.25) is 19.9 Å². The van der Waals surface area contributed by atoms with Crippen LogP contribution in [0.2, 0.25) is 0 Å². The number of amides is 3. The lowest BCUT2D eigenvalue weighted by atomic mass is 10.2. The third-order valence-electron chi connectivity index (χ3n) is 4.25. The molecule has 1 saturated heterocycles. The lowest BCUT2D eigenvalue weighted by Gasteiger charge is -2.28. The number of nitrogens with zero attached hydrogens (tertiary/aromatic N) is 2. The van der Waals surface area contributed by atoms with Crippen LogP contribution in [0.3, 0.4) is 0 Å². The third-order valence-corrected chi connectivity index (χ3v) is 4.25. The van der Waals surface area contributed by atoms with Crippen molar-refractivity contribution in [1.29, 1.82) is 0 Å². The van der Waals surface area contributed by atoms with Crippen LogP contribution in [-0.2, 0) is 11.3 Å². The van der Waals surface area contributed by atoms with Crippen LogP contribution in [0.1, 0.15) is 25.8 Å². The van der Waals surface area contributed by atoms with Crippen molar-refractivity contribution in [2.24, 2.45) is 0 Å². The van der Waals surface area contributed by atoms with E-state index in [2.05, 4.69) is 51.6 Å². The Morgan fingerprint density at radius 1 is 1.21 bits per heavy atom. The van der Waals surface area contributed by atoms with Crippen LogP contribution in [0.15, 0.2) is 30.3 Å². The Hall–Kier alpha value is -1.92. The molecular formula is C18H28N4O2. The van der Waals surface area contributed by atoms with Gasteiger partial charge in [0.2, 0.25) is 5.91 Å². The zero-order chi connectivity index (χ0) is 17.4. The molecule has 0 saturated carbocycles. The molecule has 2 rings (SSSR count). The first-order valence-corrected chi connectivity index (χ1v) is 8.66. The maximum atomic E-state index is 12.0. The highest BCUT2D eigenvalue weighted by Crippen LogP contribution is 2.13. The second-order valence-corrected chi connectivity index (χ2v) is 6.30. The van der Waals surface area contributed by atoms with Gasteiger partial charge < -0.3 is 5.32 Å². The lowest BCUT2D eigenvalue weighted by molar-refractivity contribution is -0.121. The summed E-state index contributed by atoms with van der Waals surface area (Å²) in [4.78, 5) is 28.0. The van der Waals surface area contributed by atoms with Crippen LogP contribution in [0.5, 0.6) is 0 Å². The van der Waals surface area contributed by atoms with E-state index in [1.807, 2.05) is 13.0 Å². The van der Waals surface area contributed by atoms with Gasteiger partial charge in [-0.25, -0.2) is 4.79 Å². The number of hydrogen-bond donors (Lipinski definition) is 2. The molecule has 0 bridgehead atoms. The zero-order valence-electron chi connectivity index (χ0n) is 14.6. The number of nitrogens with one attached hydrogen (secondary N) is 2. The number of carbonyl (C=O) groups excluding carboxylic acids is 2. The Morgan fingerprint density at radius 2 is 1.96 bits per heavy atom. The summed E-state index contributed by atoms with van der Waals surface area (Å²) in [7, 11) is 0. The van der Waals surface area contributed by atoms with Gasteiger partial charge in [0, 0.05) is 32.2 Å². The first-order chi connectivity index (χ1) is 11.6. The van der Waals surface area contributed by atoms with E-state index in [9.17, 15) is 9.59 Å². The lowest BCUT2D eigenvalue weighted by Crippen LogP contribution is -2.47. The first kappa shape index (κ1) is 18.4. The van der Waals surface area contributed by atoms with Crippen LogP contribution in [0, 0.1) is 0 Å². The minimum absolute atomic E-state index is 0.246. The second-order valence-electron chi connectivity index (χ2n) is 6.30. The molecule has 1 fully saturated rings. The largest absolute Gasteiger partial charge is 0.338 e. The number of urea groups is 1. The van der Waals surface area contributed by atoms with Crippen molar-refractivity contribution in [2.45, 2.75) is 32.9 Å². The predicted octanol–water partition coefficient (Wildman–Crippen LogP) is 1.43. The molecule has 0 spiro atoms. The van der Waals surface area contributed by atoms with E-state index >= 15 is 0 Å². The van der Waals surface area contributed by atoms with Crippen LogP contribution < -0.4 is 10.6 Å². The summed E-state index contributed by atoms with van der Waals surface area (Å²) in [5.74, 6) is -0.246. The summed E-state index contributed by atoms with van der Waals surface area (Å²) in [6, 6.07) is 10.3. The quantitative estimate of drug-likeness (QED) is 0.856. The first-order valence-electron chi connectivity index (χ1n) is 8.66. The molecule has 1 unspecified atom stereocenters. The molecule has 1 aromatic carbocycles. The van der Waals surface area contributed by atoms with E-state index < -0.39 is 6.03 Å².